The third-order valence-electron chi connectivity index (χ3n) is 28.1. The number of hydrogen-bond acceptors (Lipinski definition) is 27. The van der Waals surface area contributed by atoms with Crippen LogP contribution in [0.25, 0.3) is 0 Å². The molecule has 7 heterocycles. The van der Waals surface area contributed by atoms with Crippen LogP contribution in [0.5, 0.6) is 0 Å². The van der Waals surface area contributed by atoms with Crippen molar-refractivity contribution in [3.05, 3.63) is 47.6 Å². The second-order valence-electron chi connectivity index (χ2n) is 41.9. The normalized spacial score (nSPS) is 32.3. The van der Waals surface area contributed by atoms with Crippen LogP contribution >= 0.6 is 0 Å². The van der Waals surface area contributed by atoms with E-state index in [0.717, 1.165) is 116 Å². The molecular formula is C98H166O27Si2. The summed E-state index contributed by atoms with van der Waals surface area (Å²) in [5.41, 5.74) is -2.12. The molecule has 20 atom stereocenters. The summed E-state index contributed by atoms with van der Waals surface area (Å²) >= 11 is 0. The lowest BCUT2D eigenvalue weighted by Crippen LogP contribution is -2.62. The Morgan fingerprint density at radius 2 is 1.21 bits per heavy atom. The second-order valence-corrected chi connectivity index (χ2v) is 51.5. The van der Waals surface area contributed by atoms with Crippen LogP contribution in [0.15, 0.2) is 47.6 Å². The lowest BCUT2D eigenvalue weighted by molar-refractivity contribution is -0.342. The summed E-state index contributed by atoms with van der Waals surface area (Å²) in [6.07, 6.45) is 21.3. The topological polar surface area (TPSA) is 348 Å². The Balaban J connectivity index is 0.000000376. The number of allylic oxidation sites excluding steroid dienone is 1. The van der Waals surface area contributed by atoms with E-state index in [0.29, 0.717) is 69.4 Å². The number of cyclic esters (lactones) is 1. The lowest BCUT2D eigenvalue weighted by Gasteiger charge is -2.51. The molecule has 8 aliphatic rings. The first-order valence-electron chi connectivity index (χ1n) is 48.1. The van der Waals surface area contributed by atoms with E-state index in [1.165, 1.54) is 44.9 Å². The van der Waals surface area contributed by atoms with E-state index in [1.54, 1.807) is 39.8 Å². The highest BCUT2D eigenvalue weighted by Crippen LogP contribution is 2.52. The molecule has 4 N–H and O–H groups in total. The number of unbranched alkanes of at least 4 members (excludes halogenated alkanes) is 8. The van der Waals surface area contributed by atoms with Crippen molar-refractivity contribution in [2.75, 3.05) is 40.6 Å². The van der Waals surface area contributed by atoms with Gasteiger partial charge >= 0.3 is 35.8 Å². The number of rotatable bonds is 35. The third-order valence-corrected chi connectivity index (χ3v) is 37.1. The Morgan fingerprint density at radius 1 is 0.622 bits per heavy atom. The molecule has 6 saturated heterocycles. The number of aliphatic hydroxyl groups is 4. The van der Waals surface area contributed by atoms with Gasteiger partial charge in [-0.25, -0.2) is 9.59 Å². The number of hydrogen-bond donors (Lipinski definition) is 4. The molecule has 0 aromatic carbocycles. The van der Waals surface area contributed by atoms with Gasteiger partial charge in [0.05, 0.1) is 115 Å². The van der Waals surface area contributed by atoms with Crippen LogP contribution in [-0.2, 0) is 109 Å². The summed E-state index contributed by atoms with van der Waals surface area (Å²) in [5.74, 6) is -7.39. The largest absolute Gasteiger partial charge is 0.466 e. The van der Waals surface area contributed by atoms with Crippen LogP contribution in [0.3, 0.4) is 0 Å². The van der Waals surface area contributed by atoms with Crippen molar-refractivity contribution in [2.45, 2.75) is 461 Å². The Bertz CT molecular complexity index is 3560. The Kier molecular flexibility index (Phi) is 43.1. The Hall–Kier alpha value is -4.68. The monoisotopic (exact) mass is 1830 g/mol. The first-order valence-corrected chi connectivity index (χ1v) is 54.0. The number of esters is 6. The highest BCUT2D eigenvalue weighted by Gasteiger charge is 2.60. The van der Waals surface area contributed by atoms with E-state index in [1.807, 2.05) is 0 Å². The maximum atomic E-state index is 14.7. The molecule has 0 amide bonds. The molecule has 7 fully saturated rings. The smallest absolute Gasteiger partial charge is 0.330 e. The number of fused-ring (bicyclic) bond motifs is 6. The van der Waals surface area contributed by atoms with Crippen molar-refractivity contribution in [2.24, 2.45) is 28.6 Å². The molecule has 8 rings (SSSR count). The molecular weight excluding hydrogens is 1670 g/mol. The van der Waals surface area contributed by atoms with Gasteiger partial charge in [-0.1, -0.05) is 174 Å². The molecule has 1 aliphatic carbocycles. The zero-order valence-electron chi connectivity index (χ0n) is 81.3. The van der Waals surface area contributed by atoms with Crippen molar-refractivity contribution < 1.29 is 129 Å². The molecule has 27 nitrogen and oxygen atoms in total. The minimum atomic E-state index is -2.42. The summed E-state index contributed by atoms with van der Waals surface area (Å²) in [5, 5.41) is 46.2. The number of methoxy groups -OCH3 is 2. The third kappa shape index (κ3) is 32.8. The molecule has 1 unspecified atom stereocenters. The minimum Gasteiger partial charge on any atom is -0.466 e. The van der Waals surface area contributed by atoms with Crippen molar-refractivity contribution in [3.63, 3.8) is 0 Å². The Morgan fingerprint density at radius 3 is 1.82 bits per heavy atom. The van der Waals surface area contributed by atoms with Gasteiger partial charge in [0.15, 0.2) is 40.9 Å². The van der Waals surface area contributed by atoms with Gasteiger partial charge in [-0.3, -0.25) is 24.0 Å². The number of carbonyl (C=O) groups excluding carboxylic acids is 7. The van der Waals surface area contributed by atoms with Gasteiger partial charge in [0, 0.05) is 67.4 Å². The first kappa shape index (κ1) is 109. The first-order chi connectivity index (χ1) is 59.7. The quantitative estimate of drug-likeness (QED) is 0.00871. The maximum absolute atomic E-state index is 14.7. The van der Waals surface area contributed by atoms with Gasteiger partial charge < -0.3 is 95.6 Å². The van der Waals surface area contributed by atoms with Gasteiger partial charge in [-0.2, -0.15) is 0 Å². The van der Waals surface area contributed by atoms with Crippen molar-refractivity contribution >= 4 is 58.7 Å². The van der Waals surface area contributed by atoms with E-state index in [4.69, 9.17) is 75.2 Å². The second kappa shape index (κ2) is 50.1. The predicted molar refractivity (Wildman–Crippen MR) is 486 cm³/mol. The van der Waals surface area contributed by atoms with E-state index in [-0.39, 0.29) is 122 Å². The SMILES string of the molecule is CCCCCCCC(=O)O[C@H]1/C(=C/C(=O)OC)C[C@@H](C[C@H](CO[Si](C)(C)C(C)(C)C)OC(=O)C[C@H](C[C@@H]2CCC[C@H](C[C@@H]3CCOC4(C[C@H](C)CC[C@H]4C(C)C)O3)O2)O[Si](C)(C)C(C)(C)C)O[C@@]1(O)C(C)(C)/C=C/C=O.CCCCCCCC(=O)O[C@H]1/C(=C/C(=O)OC)C[C@H]2C[C@H](CO)OC(=O)C[C@H](O)C[C@@H]3CCC[C@H](C[C@@H]4CCO[C@H](/C=C/C(C)(C)[C@]1(O)O2)O4)O3. The lowest BCUT2D eigenvalue weighted by atomic mass is 9.72. The number of aldehydes is 1. The summed E-state index contributed by atoms with van der Waals surface area (Å²) in [7, 11) is -2.36. The van der Waals surface area contributed by atoms with Crippen LogP contribution in [0.1, 0.15) is 316 Å². The van der Waals surface area contributed by atoms with E-state index in [2.05, 4.69) is 102 Å². The fraction of sp³-hybridized carbons (Fsp3) is 0.847. The number of ether oxygens (including phenoxy) is 14. The molecule has 1 saturated carbocycles. The average Bonchev–Trinajstić information content (AvgIpc) is 0.744. The molecule has 7 aliphatic heterocycles. The fourth-order valence-corrected chi connectivity index (χ4v) is 20.9. The van der Waals surface area contributed by atoms with Crippen molar-refractivity contribution in [3.8, 4) is 0 Å². The molecule has 0 aromatic rings. The van der Waals surface area contributed by atoms with Crippen molar-refractivity contribution in [1.82, 2.24) is 0 Å². The van der Waals surface area contributed by atoms with Crippen LogP contribution < -0.4 is 0 Å². The fourth-order valence-electron chi connectivity index (χ4n) is 18.5. The maximum Gasteiger partial charge on any atom is 0.330 e. The van der Waals surface area contributed by atoms with Gasteiger partial charge in [-0.05, 0) is 174 Å². The van der Waals surface area contributed by atoms with Gasteiger partial charge in [0.2, 0.25) is 11.6 Å². The van der Waals surface area contributed by atoms with E-state index < -0.39 is 142 Å². The summed E-state index contributed by atoms with van der Waals surface area (Å²) in [4.78, 5) is 91.9. The van der Waals surface area contributed by atoms with Gasteiger partial charge in [-0.15, -0.1) is 0 Å². The molecule has 6 bridgehead atoms. The Labute approximate surface area is 761 Å². The van der Waals surface area contributed by atoms with Crippen LogP contribution in [0, 0.1) is 28.6 Å². The van der Waals surface area contributed by atoms with Crippen LogP contribution in [0.2, 0.25) is 36.3 Å². The number of carbonyl (C=O) groups is 7. The zero-order valence-corrected chi connectivity index (χ0v) is 83.3. The average molecular weight is 1830 g/mol. The highest BCUT2D eigenvalue weighted by molar-refractivity contribution is 6.74. The highest BCUT2D eigenvalue weighted by atomic mass is 28.4. The zero-order chi connectivity index (χ0) is 93.9. The molecule has 0 radical (unpaired) electrons. The summed E-state index contributed by atoms with van der Waals surface area (Å²) < 4.78 is 100. The van der Waals surface area contributed by atoms with E-state index >= 15 is 0 Å². The molecule has 1 spiro atoms. The minimum absolute atomic E-state index is 0.000953. The number of aliphatic hydroxyl groups excluding tert-OH is 2. The van der Waals surface area contributed by atoms with E-state index in [9.17, 15) is 54.0 Å². The van der Waals surface area contributed by atoms with Gasteiger partial charge in [0.25, 0.3) is 0 Å². The van der Waals surface area contributed by atoms with Crippen LogP contribution in [0.4, 0.5) is 0 Å². The predicted octanol–water partition coefficient (Wildman–Crippen LogP) is 17.4. The van der Waals surface area contributed by atoms with Gasteiger partial charge in [0.1, 0.15) is 18.5 Å². The molecule has 29 heteroatoms. The van der Waals surface area contributed by atoms with Crippen molar-refractivity contribution in [1.29, 1.82) is 0 Å². The molecule has 0 aromatic heterocycles. The standard InChI is InChI=1S/C60H106O14Si2.C38H60O13/c1-18-19-20-21-22-27-52(62)71-55-44(35-53(63)66-13)34-48(73-60(55,65)58(11,12)31-24-32-61)38-50(41-68-75(14,15)56(5,6)7)70-54(64)39-49(74-76(16,17)57(8,9)10)37-46-26-23-25-45(69-46)36-47-30-33-67-59(72-47)40-43(4)28-29-51(59)42(2)3;1-5-6-7-8-9-13-32(41)50-36-25(19-33(42)45-4)18-30-23-31(24-39)48-34(43)21-26(40)20-27-11-10-12-28(47-27)22-29-15-17-46-35(49-29)14-16-37(2,3)38(36,44)51-30/h24,31-32,35,42-43,45-51,55,65H,18-23,25-30,33-34,36-41H2,1-17H3;14,16,19,26-31,35-36,39-40,44H,5-13,15,17-18,20-24H2,1-4H3/b31-24+,44-35+;16-14+,25-19+/t43-,45-,46+,47+,48+,49+,50-,51+,55+,59?,60-;26-,27+,28-,29+,30+,31-,35+,36+,38-/m11/s1. The summed E-state index contributed by atoms with van der Waals surface area (Å²) in [6, 6.07) is 0. The molecule has 728 valence electrons. The van der Waals surface area contributed by atoms with Crippen LogP contribution in [-0.4, -0.2) is 229 Å². The summed E-state index contributed by atoms with van der Waals surface area (Å²) in [6.45, 7) is 40.2. The molecule has 127 heavy (non-hydrogen) atoms.